The van der Waals surface area contributed by atoms with Crippen LogP contribution in [0.15, 0.2) is 48.8 Å². The van der Waals surface area contributed by atoms with E-state index >= 15 is 0 Å². The largest absolute Gasteiger partial charge is 0.486 e. The highest BCUT2D eigenvalue weighted by Crippen LogP contribution is 2.25. The molecule has 9 heteroatoms. The highest BCUT2D eigenvalue weighted by atomic mass is 19.1. The van der Waals surface area contributed by atoms with Crippen molar-refractivity contribution in [3.63, 3.8) is 0 Å². The molecule has 0 unspecified atom stereocenters. The number of benzene rings is 2. The Morgan fingerprint density at radius 2 is 2.10 bits per heavy atom. The molecule has 0 aliphatic carbocycles. The molecule has 0 saturated carbocycles. The lowest BCUT2D eigenvalue weighted by Crippen LogP contribution is -2.54. The van der Waals surface area contributed by atoms with Crippen molar-refractivity contribution in [1.82, 2.24) is 15.0 Å². The van der Waals surface area contributed by atoms with Crippen molar-refractivity contribution in [2.24, 2.45) is 5.73 Å². The molecule has 0 spiro atoms. The number of nitrogens with one attached hydrogen (secondary N) is 1. The third kappa shape index (κ3) is 4.45. The fourth-order valence-corrected chi connectivity index (χ4v) is 3.14. The Bertz CT molecular complexity index is 1070. The van der Waals surface area contributed by atoms with E-state index < -0.39 is 5.91 Å². The summed E-state index contributed by atoms with van der Waals surface area (Å²) in [6, 6.07) is 11.5. The fourth-order valence-electron chi connectivity index (χ4n) is 3.14. The highest BCUT2D eigenvalue weighted by Gasteiger charge is 2.31. The third-order valence-corrected chi connectivity index (χ3v) is 4.78. The zero-order valence-electron chi connectivity index (χ0n) is 16.4. The van der Waals surface area contributed by atoms with Crippen molar-refractivity contribution >= 4 is 17.8 Å². The summed E-state index contributed by atoms with van der Waals surface area (Å²) in [5.74, 6) is 0.917. The first-order valence-corrected chi connectivity index (χ1v) is 9.47. The van der Waals surface area contributed by atoms with Crippen LogP contribution in [0.1, 0.15) is 21.5 Å². The Balaban J connectivity index is 1.33. The van der Waals surface area contributed by atoms with Crippen LogP contribution < -0.4 is 20.7 Å². The maximum atomic E-state index is 13.2. The molecule has 0 bridgehead atoms. The Labute approximate surface area is 172 Å². The number of aromatic nitrogens is 3. The van der Waals surface area contributed by atoms with E-state index in [9.17, 15) is 9.18 Å². The van der Waals surface area contributed by atoms with E-state index in [0.29, 0.717) is 42.8 Å². The van der Waals surface area contributed by atoms with Gasteiger partial charge in [-0.05, 0) is 48.4 Å². The number of anilines is 2. The third-order valence-electron chi connectivity index (χ3n) is 4.78. The lowest BCUT2D eigenvalue weighted by atomic mass is 10.1. The van der Waals surface area contributed by atoms with Crippen LogP contribution >= 0.6 is 0 Å². The van der Waals surface area contributed by atoms with Gasteiger partial charge in [0, 0.05) is 12.1 Å². The first-order valence-electron chi connectivity index (χ1n) is 9.47. The van der Waals surface area contributed by atoms with Crippen LogP contribution in [0, 0.1) is 12.7 Å². The molecule has 2 aromatic carbocycles. The standard InChI is InChI=1S/C21H21FN6O2/c1-13-7-16(22)5-6-18(13)30-17-10-28(11-17)21-26-12-25-20(27-21)24-9-14-3-2-4-15(8-14)19(23)29/h2-8,12,17H,9-11H2,1H3,(H2,23,29)(H,24,25,26,27). The van der Waals surface area contributed by atoms with Crippen LogP contribution in [0.3, 0.4) is 0 Å². The van der Waals surface area contributed by atoms with Gasteiger partial charge in [0.1, 0.15) is 24.0 Å². The fraction of sp³-hybridized carbons (Fsp3) is 0.238. The molecule has 8 nitrogen and oxygen atoms in total. The number of carbonyl (C=O) groups excluding carboxylic acids is 1. The number of aryl methyl sites for hydroxylation is 1. The quantitative estimate of drug-likeness (QED) is 0.618. The summed E-state index contributed by atoms with van der Waals surface area (Å²) in [4.78, 5) is 26.1. The van der Waals surface area contributed by atoms with Gasteiger partial charge in [-0.2, -0.15) is 4.98 Å². The maximum absolute atomic E-state index is 13.2. The monoisotopic (exact) mass is 408 g/mol. The minimum Gasteiger partial charge on any atom is -0.486 e. The average molecular weight is 408 g/mol. The molecule has 0 radical (unpaired) electrons. The van der Waals surface area contributed by atoms with Gasteiger partial charge < -0.3 is 20.7 Å². The Kier molecular flexibility index (Phi) is 5.42. The van der Waals surface area contributed by atoms with E-state index in [2.05, 4.69) is 20.3 Å². The second kappa shape index (κ2) is 8.32. The van der Waals surface area contributed by atoms with Crippen molar-refractivity contribution < 1.29 is 13.9 Å². The Morgan fingerprint density at radius 3 is 2.87 bits per heavy atom. The van der Waals surface area contributed by atoms with Crippen molar-refractivity contribution in [1.29, 1.82) is 0 Å². The zero-order valence-corrected chi connectivity index (χ0v) is 16.4. The summed E-state index contributed by atoms with van der Waals surface area (Å²) in [6.45, 7) is 3.51. The number of nitrogens with zero attached hydrogens (tertiary/aromatic N) is 4. The number of ether oxygens (including phenoxy) is 1. The molecular formula is C21H21FN6O2. The van der Waals surface area contributed by atoms with E-state index in [0.717, 1.165) is 11.1 Å². The molecule has 0 atom stereocenters. The summed E-state index contributed by atoms with van der Waals surface area (Å²) in [5.41, 5.74) is 7.42. The topological polar surface area (TPSA) is 106 Å². The van der Waals surface area contributed by atoms with Crippen molar-refractivity contribution in [2.45, 2.75) is 19.6 Å². The minimum absolute atomic E-state index is 0.0149. The first-order chi connectivity index (χ1) is 14.5. The number of halogens is 1. The Hall–Kier alpha value is -3.75. The summed E-state index contributed by atoms with van der Waals surface area (Å²) in [7, 11) is 0. The average Bonchev–Trinajstić information content (AvgIpc) is 2.70. The number of hydrogen-bond donors (Lipinski definition) is 2. The molecule has 1 saturated heterocycles. The lowest BCUT2D eigenvalue weighted by Gasteiger charge is -2.39. The van der Waals surface area contributed by atoms with Crippen molar-refractivity contribution in [2.75, 3.05) is 23.3 Å². The van der Waals surface area contributed by atoms with Gasteiger partial charge in [-0.25, -0.2) is 14.4 Å². The van der Waals surface area contributed by atoms with Crippen LogP contribution in [0.2, 0.25) is 0 Å². The maximum Gasteiger partial charge on any atom is 0.248 e. The molecule has 1 aromatic heterocycles. The summed E-state index contributed by atoms with van der Waals surface area (Å²) in [5, 5.41) is 3.13. The molecular weight excluding hydrogens is 387 g/mol. The molecule has 30 heavy (non-hydrogen) atoms. The molecule has 3 aromatic rings. The van der Waals surface area contributed by atoms with Gasteiger partial charge in [0.2, 0.25) is 17.8 Å². The summed E-state index contributed by atoms with van der Waals surface area (Å²) >= 11 is 0. The smallest absolute Gasteiger partial charge is 0.248 e. The van der Waals surface area contributed by atoms with Gasteiger partial charge in [0.25, 0.3) is 0 Å². The molecule has 2 heterocycles. The van der Waals surface area contributed by atoms with Gasteiger partial charge in [-0.3, -0.25) is 4.79 Å². The van der Waals surface area contributed by atoms with E-state index in [4.69, 9.17) is 10.5 Å². The van der Waals surface area contributed by atoms with Gasteiger partial charge in [-0.1, -0.05) is 12.1 Å². The van der Waals surface area contributed by atoms with E-state index in [1.807, 2.05) is 17.9 Å². The number of carbonyl (C=O) groups is 1. The van der Waals surface area contributed by atoms with E-state index in [1.54, 1.807) is 24.3 Å². The Morgan fingerprint density at radius 1 is 1.27 bits per heavy atom. The first kappa shape index (κ1) is 19.6. The number of primary amides is 1. The van der Waals surface area contributed by atoms with Crippen LogP contribution in [0.4, 0.5) is 16.3 Å². The number of hydrogen-bond acceptors (Lipinski definition) is 7. The molecule has 1 aliphatic heterocycles. The number of rotatable bonds is 7. The minimum atomic E-state index is -0.468. The van der Waals surface area contributed by atoms with E-state index in [1.165, 1.54) is 18.5 Å². The number of nitrogens with two attached hydrogens (primary N) is 1. The molecule has 1 fully saturated rings. The van der Waals surface area contributed by atoms with Gasteiger partial charge in [-0.15, -0.1) is 0 Å². The second-order valence-electron chi connectivity index (χ2n) is 7.08. The predicted octanol–water partition coefficient (Wildman–Crippen LogP) is 2.30. The summed E-state index contributed by atoms with van der Waals surface area (Å²) in [6.07, 6.45) is 1.43. The van der Waals surface area contributed by atoms with Crippen molar-refractivity contribution in [3.8, 4) is 5.75 Å². The lowest BCUT2D eigenvalue weighted by molar-refractivity contribution is 0.1000. The van der Waals surface area contributed by atoms with Gasteiger partial charge in [0.15, 0.2) is 0 Å². The van der Waals surface area contributed by atoms with Crippen molar-refractivity contribution in [3.05, 3.63) is 71.3 Å². The van der Waals surface area contributed by atoms with Crippen LogP contribution in [-0.4, -0.2) is 40.1 Å². The number of amides is 1. The van der Waals surface area contributed by atoms with E-state index in [-0.39, 0.29) is 11.9 Å². The molecule has 3 N–H and O–H groups in total. The zero-order chi connectivity index (χ0) is 21.1. The van der Waals surface area contributed by atoms with Crippen LogP contribution in [0.25, 0.3) is 0 Å². The molecule has 4 rings (SSSR count). The van der Waals surface area contributed by atoms with Crippen LogP contribution in [0.5, 0.6) is 5.75 Å². The van der Waals surface area contributed by atoms with Gasteiger partial charge >= 0.3 is 0 Å². The molecule has 154 valence electrons. The highest BCUT2D eigenvalue weighted by molar-refractivity contribution is 5.92. The van der Waals surface area contributed by atoms with Crippen LogP contribution in [-0.2, 0) is 6.54 Å². The normalized spacial score (nSPS) is 13.6. The second-order valence-corrected chi connectivity index (χ2v) is 7.08. The summed E-state index contributed by atoms with van der Waals surface area (Å²) < 4.78 is 19.1. The molecule has 1 aliphatic rings. The van der Waals surface area contributed by atoms with Gasteiger partial charge in [0.05, 0.1) is 13.1 Å². The SMILES string of the molecule is Cc1cc(F)ccc1OC1CN(c2ncnc(NCc3cccc(C(N)=O)c3)n2)C1. The predicted molar refractivity (Wildman–Crippen MR) is 110 cm³/mol. The molecule has 1 amide bonds.